The first-order chi connectivity index (χ1) is 14.1. The Labute approximate surface area is 170 Å². The van der Waals surface area contributed by atoms with Crippen LogP contribution in [0.3, 0.4) is 0 Å². The van der Waals surface area contributed by atoms with Gasteiger partial charge in [0.2, 0.25) is 5.78 Å². The van der Waals surface area contributed by atoms with Crippen molar-refractivity contribution >= 4 is 5.78 Å². The maximum absolute atomic E-state index is 12.7. The molecule has 0 radical (unpaired) electrons. The number of nitrogens with one attached hydrogen (secondary N) is 1. The van der Waals surface area contributed by atoms with Gasteiger partial charge in [0.1, 0.15) is 5.69 Å². The number of piperidine rings is 1. The molecular formula is C24H24N4O. The van der Waals surface area contributed by atoms with Crippen molar-refractivity contribution in [2.24, 2.45) is 11.1 Å². The van der Waals surface area contributed by atoms with Crippen LogP contribution in [0.2, 0.25) is 0 Å². The van der Waals surface area contributed by atoms with Gasteiger partial charge in [0.25, 0.3) is 0 Å². The largest absolute Gasteiger partial charge is 0.317 e. The fraction of sp³-hybridized carbons (Fsp3) is 0.292. The van der Waals surface area contributed by atoms with E-state index in [-0.39, 0.29) is 11.2 Å². The second-order valence-electron chi connectivity index (χ2n) is 8.15. The van der Waals surface area contributed by atoms with Crippen LogP contribution >= 0.6 is 0 Å². The lowest BCUT2D eigenvalue weighted by Gasteiger charge is -2.46. The smallest absolute Gasteiger partial charge is 0.212 e. The first-order valence-electron chi connectivity index (χ1n) is 10.1. The Morgan fingerprint density at radius 2 is 1.66 bits per heavy atom. The molecule has 1 spiro atoms. The van der Waals surface area contributed by atoms with Gasteiger partial charge >= 0.3 is 0 Å². The third kappa shape index (κ3) is 2.73. The van der Waals surface area contributed by atoms with Gasteiger partial charge in [0.05, 0.1) is 23.6 Å². The van der Waals surface area contributed by atoms with E-state index < -0.39 is 5.54 Å². The van der Waals surface area contributed by atoms with Crippen molar-refractivity contribution in [1.82, 2.24) is 15.3 Å². The van der Waals surface area contributed by atoms with Crippen molar-refractivity contribution in [2.45, 2.75) is 24.8 Å². The first-order valence-corrected chi connectivity index (χ1v) is 10.1. The predicted molar refractivity (Wildman–Crippen MR) is 112 cm³/mol. The van der Waals surface area contributed by atoms with Crippen LogP contribution in [0.5, 0.6) is 0 Å². The lowest BCUT2D eigenvalue weighted by molar-refractivity contribution is 0.103. The Bertz CT molecular complexity index is 1040. The molecule has 2 aromatic carbocycles. The minimum absolute atomic E-state index is 0.0818. The second-order valence-corrected chi connectivity index (χ2v) is 8.15. The molecule has 1 saturated heterocycles. The SMILES string of the molecule is NC1(c2cnc(C(=O)c3ccccc3)cn2)c2ccccc2CC12CCNCC2. The van der Waals surface area contributed by atoms with Crippen molar-refractivity contribution in [1.29, 1.82) is 0 Å². The molecule has 1 aromatic heterocycles. The average Bonchev–Trinajstić information content (AvgIpc) is 3.03. The Morgan fingerprint density at radius 3 is 2.38 bits per heavy atom. The van der Waals surface area contributed by atoms with Crippen LogP contribution in [0.1, 0.15) is 45.7 Å². The molecule has 146 valence electrons. The Hall–Kier alpha value is -2.89. The summed E-state index contributed by atoms with van der Waals surface area (Å²) in [7, 11) is 0. The number of aromatic nitrogens is 2. The van der Waals surface area contributed by atoms with Crippen molar-refractivity contribution in [3.8, 4) is 0 Å². The highest BCUT2D eigenvalue weighted by Gasteiger charge is 2.57. The van der Waals surface area contributed by atoms with E-state index in [1.165, 1.54) is 5.56 Å². The van der Waals surface area contributed by atoms with Gasteiger partial charge in [-0.3, -0.25) is 9.78 Å². The zero-order valence-electron chi connectivity index (χ0n) is 16.3. The molecule has 1 aliphatic heterocycles. The molecule has 5 heteroatoms. The number of carbonyl (C=O) groups excluding carboxylic acids is 1. The molecule has 1 atom stereocenters. The summed E-state index contributed by atoms with van der Waals surface area (Å²) >= 11 is 0. The van der Waals surface area contributed by atoms with Gasteiger partial charge in [0.15, 0.2) is 0 Å². The molecular weight excluding hydrogens is 360 g/mol. The fourth-order valence-corrected chi connectivity index (χ4v) is 5.12. The highest BCUT2D eigenvalue weighted by atomic mass is 16.1. The third-order valence-corrected chi connectivity index (χ3v) is 6.69. The Balaban J connectivity index is 1.57. The number of ketones is 1. The van der Waals surface area contributed by atoms with Crippen LogP contribution in [0.25, 0.3) is 0 Å². The van der Waals surface area contributed by atoms with Crippen LogP contribution in [0.15, 0.2) is 67.0 Å². The van der Waals surface area contributed by atoms with Crippen LogP contribution in [-0.4, -0.2) is 28.8 Å². The van der Waals surface area contributed by atoms with Crippen LogP contribution in [0.4, 0.5) is 0 Å². The molecule has 2 aliphatic rings. The van der Waals surface area contributed by atoms with E-state index in [4.69, 9.17) is 10.7 Å². The second kappa shape index (κ2) is 6.87. The number of fused-ring (bicyclic) bond motifs is 1. The maximum atomic E-state index is 12.7. The minimum Gasteiger partial charge on any atom is -0.317 e. The molecule has 1 unspecified atom stereocenters. The number of nitrogens with zero attached hydrogens (tertiary/aromatic N) is 2. The highest BCUT2D eigenvalue weighted by Crippen LogP contribution is 2.56. The summed E-state index contributed by atoms with van der Waals surface area (Å²) in [5.74, 6) is -0.126. The number of carbonyl (C=O) groups is 1. The van der Waals surface area contributed by atoms with E-state index in [0.29, 0.717) is 11.3 Å². The fourth-order valence-electron chi connectivity index (χ4n) is 5.12. The van der Waals surface area contributed by atoms with Gasteiger partial charge in [-0.2, -0.15) is 0 Å². The summed E-state index contributed by atoms with van der Waals surface area (Å²) in [5.41, 5.74) is 10.6. The van der Waals surface area contributed by atoms with Crippen molar-refractivity contribution < 1.29 is 4.79 Å². The number of hydrogen-bond acceptors (Lipinski definition) is 5. The predicted octanol–water partition coefficient (Wildman–Crippen LogP) is 2.84. The van der Waals surface area contributed by atoms with Crippen molar-refractivity contribution in [3.05, 3.63) is 95.1 Å². The van der Waals surface area contributed by atoms with Gasteiger partial charge in [0, 0.05) is 11.0 Å². The molecule has 1 aliphatic carbocycles. The van der Waals surface area contributed by atoms with E-state index in [0.717, 1.165) is 43.6 Å². The normalized spacial score (nSPS) is 22.4. The monoisotopic (exact) mass is 384 g/mol. The molecule has 5 nitrogen and oxygen atoms in total. The minimum atomic E-state index is -0.701. The lowest BCUT2D eigenvalue weighted by atomic mass is 9.63. The summed E-state index contributed by atoms with van der Waals surface area (Å²) < 4.78 is 0. The molecule has 3 N–H and O–H groups in total. The molecule has 29 heavy (non-hydrogen) atoms. The molecule has 1 fully saturated rings. The Kier molecular flexibility index (Phi) is 4.30. The van der Waals surface area contributed by atoms with Gasteiger partial charge in [-0.05, 0) is 43.5 Å². The molecule has 2 heterocycles. The molecule has 5 rings (SSSR count). The molecule has 0 amide bonds. The van der Waals surface area contributed by atoms with E-state index in [1.54, 1.807) is 24.5 Å². The average molecular weight is 384 g/mol. The summed E-state index contributed by atoms with van der Waals surface area (Å²) in [4.78, 5) is 21.9. The summed E-state index contributed by atoms with van der Waals surface area (Å²) in [6, 6.07) is 17.6. The van der Waals surface area contributed by atoms with Gasteiger partial charge in [-0.1, -0.05) is 54.6 Å². The zero-order valence-corrected chi connectivity index (χ0v) is 16.3. The van der Waals surface area contributed by atoms with E-state index in [9.17, 15) is 4.79 Å². The van der Waals surface area contributed by atoms with E-state index in [2.05, 4.69) is 28.5 Å². The highest BCUT2D eigenvalue weighted by molar-refractivity contribution is 6.07. The first kappa shape index (κ1) is 18.2. The quantitative estimate of drug-likeness (QED) is 0.679. The molecule has 3 aromatic rings. The van der Waals surface area contributed by atoms with Crippen LogP contribution in [0, 0.1) is 5.41 Å². The van der Waals surface area contributed by atoms with Crippen molar-refractivity contribution in [2.75, 3.05) is 13.1 Å². The molecule has 0 bridgehead atoms. The van der Waals surface area contributed by atoms with Crippen LogP contribution < -0.4 is 11.1 Å². The number of nitrogens with two attached hydrogens (primary N) is 1. The maximum Gasteiger partial charge on any atom is 0.212 e. The third-order valence-electron chi connectivity index (χ3n) is 6.69. The standard InChI is InChI=1S/C24H24N4O/c25-24(19-9-5-4-8-18(19)14-23(24)10-12-26-13-11-23)21-16-27-20(15-28-21)22(29)17-6-2-1-3-7-17/h1-9,15-16,26H,10-14,25H2. The van der Waals surface area contributed by atoms with Gasteiger partial charge in [-0.25, -0.2) is 4.98 Å². The Morgan fingerprint density at radius 1 is 0.931 bits per heavy atom. The summed E-state index contributed by atoms with van der Waals surface area (Å²) in [5, 5.41) is 3.46. The van der Waals surface area contributed by atoms with Gasteiger partial charge < -0.3 is 11.1 Å². The lowest BCUT2D eigenvalue weighted by Crippen LogP contribution is -2.55. The van der Waals surface area contributed by atoms with Crippen molar-refractivity contribution in [3.63, 3.8) is 0 Å². The summed E-state index contributed by atoms with van der Waals surface area (Å²) in [6.07, 6.45) is 6.22. The topological polar surface area (TPSA) is 80.9 Å². The molecule has 0 saturated carbocycles. The number of benzene rings is 2. The van der Waals surface area contributed by atoms with E-state index in [1.807, 2.05) is 24.3 Å². The summed E-state index contributed by atoms with van der Waals surface area (Å²) in [6.45, 7) is 1.90. The van der Waals surface area contributed by atoms with Crippen LogP contribution in [-0.2, 0) is 12.0 Å². The number of hydrogen-bond donors (Lipinski definition) is 2. The van der Waals surface area contributed by atoms with Gasteiger partial charge in [-0.15, -0.1) is 0 Å². The van der Waals surface area contributed by atoms with E-state index >= 15 is 0 Å². The number of rotatable bonds is 3. The zero-order chi connectivity index (χ0) is 19.9.